The van der Waals surface area contributed by atoms with Gasteiger partial charge >= 0.3 is 0 Å². The summed E-state index contributed by atoms with van der Waals surface area (Å²) >= 11 is 0. The summed E-state index contributed by atoms with van der Waals surface area (Å²) in [5.74, 6) is 4.67. The summed E-state index contributed by atoms with van der Waals surface area (Å²) in [5.41, 5.74) is 13.5. The molecule has 5 aromatic carbocycles. The van der Waals surface area contributed by atoms with Crippen LogP contribution in [-0.2, 0) is 0 Å². The fourth-order valence-electron chi connectivity index (χ4n) is 9.81. The van der Waals surface area contributed by atoms with Crippen molar-refractivity contribution >= 4 is 44.5 Å². The minimum absolute atomic E-state index is 0.185. The standard InChI is InChI=1S/C52H48N2OS/c1-5-40-41-31-28-38(35-43(41)52(3,4)42(40)34-36(2)53-44-16-6-10-20-48(44)55-49-21-11-7-17-45(49)53)25-24-37-26-29-39(30-27-37)54-46-18-8-12-22-50(46)56(32-14-15-33-56)51-23-13-9-19-47(51)54/h5-13,16-27,29-31,34-35,38H,1,14-15,28,32-33H2,2-4H3/b25-24+,36-34+. The van der Waals surface area contributed by atoms with Gasteiger partial charge in [0.15, 0.2) is 11.5 Å². The van der Waals surface area contributed by atoms with Crippen molar-refractivity contribution in [3.63, 3.8) is 0 Å². The van der Waals surface area contributed by atoms with E-state index >= 15 is 0 Å². The van der Waals surface area contributed by atoms with Gasteiger partial charge in [0.2, 0.25) is 0 Å². The van der Waals surface area contributed by atoms with Gasteiger partial charge in [0.1, 0.15) is 0 Å². The molecule has 0 N–H and O–H groups in total. The first-order chi connectivity index (χ1) is 27.4. The molecule has 5 aliphatic rings. The third-order valence-corrected chi connectivity index (χ3v) is 16.9. The second-order valence-electron chi connectivity index (χ2n) is 16.1. The molecule has 3 nitrogen and oxygen atoms in total. The van der Waals surface area contributed by atoms with Crippen LogP contribution in [0.2, 0.25) is 0 Å². The van der Waals surface area contributed by atoms with Gasteiger partial charge in [-0.05, 0) is 138 Å². The highest BCUT2D eigenvalue weighted by molar-refractivity contribution is 8.34. The number of hydrogen-bond donors (Lipinski definition) is 0. The highest BCUT2D eigenvalue weighted by atomic mass is 32.3. The molecular weight excluding hydrogens is 701 g/mol. The molecule has 0 amide bonds. The van der Waals surface area contributed by atoms with Crippen molar-refractivity contribution in [2.45, 2.75) is 49.8 Å². The lowest BCUT2D eigenvalue weighted by Crippen LogP contribution is -2.21. The summed E-state index contributed by atoms with van der Waals surface area (Å²) < 4.78 is 6.31. The minimum Gasteiger partial charge on any atom is -0.453 e. The first kappa shape index (κ1) is 34.8. The number of fused-ring (bicyclic) bond motifs is 7. The van der Waals surface area contributed by atoms with Crippen molar-refractivity contribution in [1.82, 2.24) is 0 Å². The molecule has 5 aromatic rings. The predicted molar refractivity (Wildman–Crippen MR) is 237 cm³/mol. The summed E-state index contributed by atoms with van der Waals surface area (Å²) in [5, 5.41) is 0. The maximum absolute atomic E-state index is 6.31. The third kappa shape index (κ3) is 5.41. The summed E-state index contributed by atoms with van der Waals surface area (Å²) in [6.07, 6.45) is 17.7. The SMILES string of the molecule is C=CC1=C(/C=C(\C)N2c3ccccc3Oc3ccccc32)C(C)(C)C2=CC(/C=C/c3ccc(N4c5ccccc5S5(CCCC5)c5ccccc54)cc3)CC=C21. The van der Waals surface area contributed by atoms with E-state index in [4.69, 9.17) is 4.74 Å². The summed E-state index contributed by atoms with van der Waals surface area (Å²) in [6.45, 7) is 11.2. The number of rotatable bonds is 6. The first-order valence-corrected chi connectivity index (χ1v) is 22.0. The molecular formula is C52H48N2OS. The molecule has 278 valence electrons. The Morgan fingerprint density at radius 1 is 0.750 bits per heavy atom. The molecule has 1 atom stereocenters. The van der Waals surface area contributed by atoms with Crippen molar-refractivity contribution in [3.05, 3.63) is 192 Å². The van der Waals surface area contributed by atoms with Gasteiger partial charge in [-0.2, -0.15) is 10.0 Å². The van der Waals surface area contributed by atoms with E-state index in [1.807, 2.05) is 24.3 Å². The Hall–Kier alpha value is -5.71. The van der Waals surface area contributed by atoms with Crippen LogP contribution in [0.4, 0.5) is 28.4 Å². The van der Waals surface area contributed by atoms with Crippen LogP contribution in [0.25, 0.3) is 6.08 Å². The average molecular weight is 749 g/mol. The van der Waals surface area contributed by atoms with Crippen LogP contribution in [0.15, 0.2) is 196 Å². The second kappa shape index (κ2) is 13.5. The van der Waals surface area contributed by atoms with E-state index < -0.39 is 10.0 Å². The zero-order valence-corrected chi connectivity index (χ0v) is 33.4. The zero-order valence-electron chi connectivity index (χ0n) is 32.5. The maximum Gasteiger partial charge on any atom is 0.151 e. The number of hydrogen-bond acceptors (Lipinski definition) is 3. The maximum atomic E-state index is 6.31. The molecule has 2 aliphatic carbocycles. The molecule has 0 aromatic heterocycles. The number of anilines is 5. The van der Waals surface area contributed by atoms with Crippen molar-refractivity contribution in [2.24, 2.45) is 11.3 Å². The Labute approximate surface area is 333 Å². The van der Waals surface area contributed by atoms with Crippen LogP contribution in [-0.4, -0.2) is 11.5 Å². The molecule has 1 spiro atoms. The topological polar surface area (TPSA) is 15.7 Å². The molecule has 0 saturated carbocycles. The van der Waals surface area contributed by atoms with Gasteiger partial charge < -0.3 is 14.5 Å². The Bertz CT molecular complexity index is 2460. The van der Waals surface area contributed by atoms with Crippen molar-refractivity contribution < 1.29 is 4.74 Å². The Morgan fingerprint density at radius 3 is 1.93 bits per heavy atom. The van der Waals surface area contributed by atoms with E-state index in [1.54, 1.807) is 9.79 Å². The van der Waals surface area contributed by atoms with Crippen LogP contribution in [0.3, 0.4) is 0 Å². The zero-order chi connectivity index (χ0) is 38.0. The van der Waals surface area contributed by atoms with E-state index in [-0.39, 0.29) is 5.41 Å². The number of allylic oxidation sites excluding steroid dienone is 10. The molecule has 3 heterocycles. The van der Waals surface area contributed by atoms with Gasteiger partial charge in [-0.3, -0.25) is 0 Å². The lowest BCUT2D eigenvalue weighted by atomic mass is 9.77. The van der Waals surface area contributed by atoms with E-state index in [2.05, 4.69) is 171 Å². The molecule has 56 heavy (non-hydrogen) atoms. The van der Waals surface area contributed by atoms with Crippen LogP contribution in [0.1, 0.15) is 45.6 Å². The van der Waals surface area contributed by atoms with Gasteiger partial charge in [-0.25, -0.2) is 0 Å². The lowest BCUT2D eigenvalue weighted by Gasteiger charge is -2.47. The summed E-state index contributed by atoms with van der Waals surface area (Å²) in [4.78, 5) is 7.96. The highest BCUT2D eigenvalue weighted by Gasteiger charge is 2.42. The van der Waals surface area contributed by atoms with Gasteiger partial charge in [0.05, 0.1) is 22.7 Å². The first-order valence-electron chi connectivity index (χ1n) is 20.1. The van der Waals surface area contributed by atoms with Crippen LogP contribution < -0.4 is 14.5 Å². The predicted octanol–water partition coefficient (Wildman–Crippen LogP) is 14.7. The highest BCUT2D eigenvalue weighted by Crippen LogP contribution is 2.74. The number of ether oxygens (including phenoxy) is 1. The minimum atomic E-state index is -0.989. The van der Waals surface area contributed by atoms with Crippen LogP contribution >= 0.6 is 10.0 Å². The molecule has 4 heteroatoms. The van der Waals surface area contributed by atoms with Crippen molar-refractivity contribution in [1.29, 1.82) is 0 Å². The summed E-state index contributed by atoms with van der Waals surface area (Å²) in [7, 11) is -0.989. The number of para-hydroxylation sites is 6. The molecule has 1 fully saturated rings. The van der Waals surface area contributed by atoms with Gasteiger partial charge in [0, 0.05) is 26.6 Å². The van der Waals surface area contributed by atoms with E-state index in [1.165, 1.54) is 69.3 Å². The van der Waals surface area contributed by atoms with Crippen LogP contribution in [0, 0.1) is 11.3 Å². The van der Waals surface area contributed by atoms with E-state index in [9.17, 15) is 0 Å². The Morgan fingerprint density at radius 2 is 1.32 bits per heavy atom. The van der Waals surface area contributed by atoms with Crippen molar-refractivity contribution in [3.8, 4) is 11.5 Å². The lowest BCUT2D eigenvalue weighted by molar-refractivity contribution is 0.475. The average Bonchev–Trinajstić information content (AvgIpc) is 3.80. The van der Waals surface area contributed by atoms with Crippen LogP contribution in [0.5, 0.6) is 11.5 Å². The van der Waals surface area contributed by atoms with Crippen molar-refractivity contribution in [2.75, 3.05) is 21.3 Å². The molecule has 1 saturated heterocycles. The molecule has 0 radical (unpaired) electrons. The normalized spacial score (nSPS) is 20.7. The number of nitrogens with zero attached hydrogens (tertiary/aromatic N) is 2. The van der Waals surface area contributed by atoms with E-state index in [0.717, 1.165) is 35.0 Å². The second-order valence-corrected chi connectivity index (χ2v) is 19.6. The van der Waals surface area contributed by atoms with Gasteiger partial charge in [-0.1, -0.05) is 111 Å². The van der Waals surface area contributed by atoms with E-state index in [0.29, 0.717) is 5.92 Å². The third-order valence-electron chi connectivity index (χ3n) is 12.5. The number of benzene rings is 5. The van der Waals surface area contributed by atoms with Gasteiger partial charge in [0.25, 0.3) is 0 Å². The summed E-state index contributed by atoms with van der Waals surface area (Å²) in [6, 6.07) is 44.2. The molecule has 3 aliphatic heterocycles. The molecule has 1 unspecified atom stereocenters. The fraction of sp³-hybridized carbons (Fsp3) is 0.192. The fourth-order valence-corrected chi connectivity index (χ4v) is 14.3. The quantitative estimate of drug-likeness (QED) is 0.172. The largest absolute Gasteiger partial charge is 0.453 e. The smallest absolute Gasteiger partial charge is 0.151 e. The monoisotopic (exact) mass is 748 g/mol. The Balaban J connectivity index is 0.923. The molecule has 10 rings (SSSR count). The van der Waals surface area contributed by atoms with Gasteiger partial charge in [-0.15, -0.1) is 0 Å². The molecule has 0 bridgehead atoms. The Kier molecular flexibility index (Phi) is 8.38.